The smallest absolute Gasteiger partial charge is 0.253 e. The molecule has 66 heavy (non-hydrogen) atoms. The molecule has 0 saturated carbocycles. The highest BCUT2D eigenvalue weighted by molar-refractivity contribution is 7.20. The highest BCUT2D eigenvalue weighted by atomic mass is 32.1. The molecule has 0 saturated heterocycles. The first-order valence-corrected chi connectivity index (χ1v) is 26.7. The predicted octanol–water partition coefficient (Wildman–Crippen LogP) is 15.8. The van der Waals surface area contributed by atoms with E-state index in [2.05, 4.69) is 200 Å². The fraction of sp³-hybridized carbons (Fsp3) is 0.548. The first kappa shape index (κ1) is 44.7. The Kier molecular flexibility index (Phi) is 9.16. The zero-order valence-corrected chi connectivity index (χ0v) is 45.0. The number of benzene rings is 4. The molecule has 11 rings (SSSR count). The van der Waals surface area contributed by atoms with Gasteiger partial charge in [-0.1, -0.05) is 129 Å². The number of nitrogens with zero attached hydrogens (tertiary/aromatic N) is 2. The van der Waals surface area contributed by atoms with Crippen molar-refractivity contribution in [3.8, 4) is 0 Å². The molecule has 4 aromatic carbocycles. The van der Waals surface area contributed by atoms with E-state index in [1.807, 2.05) is 0 Å². The lowest BCUT2D eigenvalue weighted by molar-refractivity contribution is 0.332. The molecule has 6 aliphatic rings. The van der Waals surface area contributed by atoms with Gasteiger partial charge in [-0.05, 0) is 211 Å². The first-order chi connectivity index (χ1) is 30.5. The maximum atomic E-state index is 2.81. The van der Waals surface area contributed by atoms with Gasteiger partial charge in [0.2, 0.25) is 0 Å². The molecule has 3 heterocycles. The van der Waals surface area contributed by atoms with Crippen LogP contribution in [0.3, 0.4) is 0 Å². The van der Waals surface area contributed by atoms with Crippen LogP contribution in [0.5, 0.6) is 0 Å². The molecule has 346 valence electrons. The third kappa shape index (κ3) is 6.16. The van der Waals surface area contributed by atoms with Crippen LogP contribution in [0, 0.1) is 13.8 Å². The summed E-state index contributed by atoms with van der Waals surface area (Å²) in [6.45, 7) is 45.1. The fourth-order valence-corrected chi connectivity index (χ4v) is 15.9. The summed E-state index contributed by atoms with van der Waals surface area (Å²) < 4.78 is 0. The van der Waals surface area contributed by atoms with Crippen molar-refractivity contribution in [1.82, 2.24) is 0 Å². The molecular formula is C62H79BN2S. The third-order valence-electron chi connectivity index (χ3n) is 19.2. The Labute approximate surface area is 404 Å². The number of anilines is 6. The molecule has 5 aromatic rings. The van der Waals surface area contributed by atoms with Crippen molar-refractivity contribution in [2.45, 2.75) is 219 Å². The molecule has 0 bridgehead atoms. The number of hydrogen-bond donors (Lipinski definition) is 0. The van der Waals surface area contributed by atoms with Crippen LogP contribution >= 0.6 is 11.3 Å². The Hall–Kier alpha value is -3.76. The van der Waals surface area contributed by atoms with Crippen LogP contribution in [-0.2, 0) is 43.3 Å². The molecule has 4 aliphatic carbocycles. The number of aryl methyl sites for hydroxylation is 2. The van der Waals surface area contributed by atoms with Crippen LogP contribution in [0.15, 0.2) is 54.6 Å². The van der Waals surface area contributed by atoms with Gasteiger partial charge < -0.3 is 9.80 Å². The van der Waals surface area contributed by atoms with Crippen molar-refractivity contribution in [3.63, 3.8) is 0 Å². The second-order valence-electron chi connectivity index (χ2n) is 27.8. The standard InChI is InChI=1S/C62H79BN2S/c1-36-29-48-51-49(30-36)65(46-34-43-40(31-37(46)2)56(5,6)23-25-59(43,11)12)54-52(50-53(66-54)62(17,18)28-27-61(50,15)16)63(51)45-33-42-44(60(13,14)26-24-58(42,9)10)35-47(45)64(48)38-19-20-39-41(32-38)57(7,8)22-21-55(39,3)4/h19-20,29-35H,21-28H2,1-18H3. The van der Waals surface area contributed by atoms with E-state index in [0.29, 0.717) is 0 Å². The second kappa shape index (κ2) is 13.5. The zero-order chi connectivity index (χ0) is 47.4. The first-order valence-electron chi connectivity index (χ1n) is 25.9. The van der Waals surface area contributed by atoms with Crippen LogP contribution < -0.4 is 26.2 Å². The van der Waals surface area contributed by atoms with Gasteiger partial charge in [0, 0.05) is 27.6 Å². The van der Waals surface area contributed by atoms with Gasteiger partial charge in [-0.3, -0.25) is 0 Å². The number of rotatable bonds is 2. The van der Waals surface area contributed by atoms with Crippen LogP contribution in [0.2, 0.25) is 0 Å². The van der Waals surface area contributed by atoms with Gasteiger partial charge in [-0.2, -0.15) is 0 Å². The number of hydrogen-bond acceptors (Lipinski definition) is 3. The minimum Gasteiger partial charge on any atom is -0.311 e. The van der Waals surface area contributed by atoms with Crippen molar-refractivity contribution in [2.24, 2.45) is 0 Å². The molecule has 0 amide bonds. The highest BCUT2D eigenvalue weighted by Gasteiger charge is 2.53. The minimum absolute atomic E-state index is 0.0452. The Morgan fingerprint density at radius 3 is 1.41 bits per heavy atom. The topological polar surface area (TPSA) is 6.48 Å². The van der Waals surface area contributed by atoms with Crippen molar-refractivity contribution in [2.75, 3.05) is 9.80 Å². The van der Waals surface area contributed by atoms with E-state index in [0.717, 1.165) is 0 Å². The van der Waals surface area contributed by atoms with Gasteiger partial charge in [0.25, 0.3) is 6.71 Å². The second-order valence-corrected chi connectivity index (χ2v) is 28.8. The lowest BCUT2D eigenvalue weighted by Crippen LogP contribution is -2.63. The van der Waals surface area contributed by atoms with Crippen molar-refractivity contribution in [1.29, 1.82) is 0 Å². The van der Waals surface area contributed by atoms with Gasteiger partial charge in [-0.15, -0.1) is 11.3 Å². The molecule has 2 nitrogen and oxygen atoms in total. The van der Waals surface area contributed by atoms with E-state index in [1.54, 1.807) is 32.6 Å². The van der Waals surface area contributed by atoms with E-state index < -0.39 is 0 Å². The van der Waals surface area contributed by atoms with Crippen LogP contribution in [-0.4, -0.2) is 6.71 Å². The van der Waals surface area contributed by atoms with Crippen LogP contribution in [0.1, 0.15) is 217 Å². The highest BCUT2D eigenvalue weighted by Crippen LogP contribution is 2.58. The summed E-state index contributed by atoms with van der Waals surface area (Å²) in [4.78, 5) is 7.18. The number of fused-ring (bicyclic) bond motifs is 9. The summed E-state index contributed by atoms with van der Waals surface area (Å²) in [6.07, 6.45) is 9.66. The largest absolute Gasteiger partial charge is 0.311 e. The van der Waals surface area contributed by atoms with E-state index in [9.17, 15) is 0 Å². The Bertz CT molecular complexity index is 2920. The average molecular weight is 895 g/mol. The van der Waals surface area contributed by atoms with Crippen LogP contribution in [0.4, 0.5) is 33.4 Å². The fourth-order valence-electron chi connectivity index (χ4n) is 14.2. The van der Waals surface area contributed by atoms with Gasteiger partial charge in [0.05, 0.1) is 10.7 Å². The monoisotopic (exact) mass is 895 g/mol. The summed E-state index contributed by atoms with van der Waals surface area (Å²) in [6, 6.07) is 23.5. The zero-order valence-electron chi connectivity index (χ0n) is 44.2. The van der Waals surface area contributed by atoms with Gasteiger partial charge in [0.1, 0.15) is 0 Å². The number of thiophene rings is 1. The summed E-state index contributed by atoms with van der Waals surface area (Å²) in [5.74, 6) is 0. The Morgan fingerprint density at radius 1 is 0.409 bits per heavy atom. The Balaban J connectivity index is 1.29. The molecule has 0 radical (unpaired) electrons. The molecular weight excluding hydrogens is 816 g/mol. The van der Waals surface area contributed by atoms with E-state index in [-0.39, 0.29) is 50.0 Å². The summed E-state index contributed by atoms with van der Waals surface area (Å²) in [7, 11) is 0. The normalized spacial score (nSPS) is 23.4. The molecule has 4 heteroatoms. The quantitative estimate of drug-likeness (QED) is 0.160. The van der Waals surface area contributed by atoms with Crippen LogP contribution in [0.25, 0.3) is 0 Å². The summed E-state index contributed by atoms with van der Waals surface area (Å²) in [5.41, 5.74) is 25.8. The molecule has 0 unspecified atom stereocenters. The van der Waals surface area contributed by atoms with Crippen molar-refractivity contribution < 1.29 is 0 Å². The molecule has 1 aromatic heterocycles. The van der Waals surface area contributed by atoms with Crippen molar-refractivity contribution >= 4 is 67.9 Å². The van der Waals surface area contributed by atoms with E-state index in [1.165, 1.54) is 124 Å². The maximum Gasteiger partial charge on any atom is 0.253 e. The van der Waals surface area contributed by atoms with Crippen molar-refractivity contribution in [3.05, 3.63) is 110 Å². The average Bonchev–Trinajstić information content (AvgIpc) is 3.65. The van der Waals surface area contributed by atoms with Gasteiger partial charge in [0.15, 0.2) is 0 Å². The summed E-state index contributed by atoms with van der Waals surface area (Å²) >= 11 is 2.14. The van der Waals surface area contributed by atoms with Gasteiger partial charge in [-0.25, -0.2) is 0 Å². The lowest BCUT2D eigenvalue weighted by atomic mass is 9.32. The van der Waals surface area contributed by atoms with Gasteiger partial charge >= 0.3 is 0 Å². The molecule has 0 N–H and O–H groups in total. The summed E-state index contributed by atoms with van der Waals surface area (Å²) in [5, 5.41) is 1.46. The minimum atomic E-state index is 0.0452. The third-order valence-corrected chi connectivity index (χ3v) is 20.7. The Morgan fingerprint density at radius 2 is 0.848 bits per heavy atom. The molecule has 0 atom stereocenters. The molecule has 2 aliphatic heterocycles. The molecule has 0 spiro atoms. The predicted molar refractivity (Wildman–Crippen MR) is 289 cm³/mol. The SMILES string of the molecule is Cc1cc2c3c(c1)N(c1cc4c(cc1C)C(C)(C)CCC4(C)C)c1sc4c(c1B3c1cc3c(cc1N2c1ccc2c(c1)C(C)(C)CCC2(C)C)C(C)(C)CCC3(C)C)C(C)(C)CCC4(C)C. The lowest BCUT2D eigenvalue weighted by Gasteiger charge is -2.48. The maximum absolute atomic E-state index is 2.81. The molecule has 0 fully saturated rings. The van der Waals surface area contributed by atoms with E-state index in [4.69, 9.17) is 0 Å². The van der Waals surface area contributed by atoms with E-state index >= 15 is 0 Å².